The maximum Gasteiger partial charge on any atom is 0.289 e. The average molecular weight is 300 g/mol. The Balaban J connectivity index is 1.47. The van der Waals surface area contributed by atoms with Gasteiger partial charge < -0.3 is 13.7 Å². The summed E-state index contributed by atoms with van der Waals surface area (Å²) in [5.41, 5.74) is 1.21. The Hall–Kier alpha value is -2.01. The molecule has 2 aliphatic heterocycles. The Morgan fingerprint density at radius 1 is 1.27 bits per heavy atom. The number of hydrogen-bond acceptors (Lipinski definition) is 4. The molecule has 0 unspecified atom stereocenters. The fourth-order valence-electron chi connectivity index (χ4n) is 3.81. The minimum atomic E-state index is 0.0164. The quantitative estimate of drug-likeness (QED) is 0.874. The predicted molar refractivity (Wildman–Crippen MR) is 80.2 cm³/mol. The van der Waals surface area contributed by atoms with E-state index in [2.05, 4.69) is 4.90 Å². The fraction of sp³-hybridized carbons (Fsp3) is 0.471. The van der Waals surface area contributed by atoms with Gasteiger partial charge in [-0.25, -0.2) is 0 Å². The van der Waals surface area contributed by atoms with Gasteiger partial charge in [-0.05, 0) is 43.5 Å². The smallest absolute Gasteiger partial charge is 0.289 e. The van der Waals surface area contributed by atoms with E-state index in [0.29, 0.717) is 17.7 Å². The van der Waals surface area contributed by atoms with E-state index in [1.165, 1.54) is 18.4 Å². The third-order valence-electron chi connectivity index (χ3n) is 4.88. The van der Waals surface area contributed by atoms with Gasteiger partial charge in [0.15, 0.2) is 5.76 Å². The van der Waals surface area contributed by atoms with Gasteiger partial charge in [0, 0.05) is 31.2 Å². The summed E-state index contributed by atoms with van der Waals surface area (Å²) in [6.07, 6.45) is 7.49. The summed E-state index contributed by atoms with van der Waals surface area (Å²) in [6.45, 7) is 3.63. The zero-order chi connectivity index (χ0) is 14.9. The highest BCUT2D eigenvalue weighted by atomic mass is 16.3. The van der Waals surface area contributed by atoms with Crippen LogP contribution in [0, 0.1) is 5.92 Å². The van der Waals surface area contributed by atoms with Crippen LogP contribution in [0.2, 0.25) is 0 Å². The molecule has 0 aliphatic carbocycles. The second-order valence-electron chi connectivity index (χ2n) is 6.26. The monoisotopic (exact) mass is 300 g/mol. The Bertz CT molecular complexity index is 620. The third-order valence-corrected chi connectivity index (χ3v) is 4.88. The number of fused-ring (bicyclic) bond motifs is 1. The van der Waals surface area contributed by atoms with Crippen molar-refractivity contribution in [2.75, 3.05) is 19.6 Å². The molecule has 0 radical (unpaired) electrons. The topological polar surface area (TPSA) is 49.8 Å². The fourth-order valence-corrected chi connectivity index (χ4v) is 3.81. The largest absolute Gasteiger partial charge is 0.472 e. The van der Waals surface area contributed by atoms with Gasteiger partial charge in [-0.3, -0.25) is 9.69 Å². The summed E-state index contributed by atoms with van der Waals surface area (Å²) in [5.74, 6) is 1.03. The van der Waals surface area contributed by atoms with Crippen LogP contribution >= 0.6 is 0 Å². The molecule has 0 spiro atoms. The molecule has 5 nitrogen and oxygen atoms in total. The van der Waals surface area contributed by atoms with Crippen molar-refractivity contribution in [3.8, 4) is 0 Å². The van der Waals surface area contributed by atoms with E-state index in [4.69, 9.17) is 8.83 Å². The summed E-state index contributed by atoms with van der Waals surface area (Å²) < 4.78 is 10.4. The van der Waals surface area contributed by atoms with E-state index >= 15 is 0 Å². The number of carbonyl (C=O) groups is 1. The molecule has 2 aromatic rings. The molecule has 4 rings (SSSR count). The van der Waals surface area contributed by atoms with E-state index in [0.717, 1.165) is 26.2 Å². The summed E-state index contributed by atoms with van der Waals surface area (Å²) in [5, 5.41) is 0. The molecule has 2 aliphatic rings. The van der Waals surface area contributed by atoms with Crippen molar-refractivity contribution in [1.29, 1.82) is 0 Å². The first-order valence-corrected chi connectivity index (χ1v) is 7.89. The zero-order valence-corrected chi connectivity index (χ0v) is 12.5. The van der Waals surface area contributed by atoms with Crippen LogP contribution in [0.3, 0.4) is 0 Å². The lowest BCUT2D eigenvalue weighted by atomic mass is 9.92. The van der Waals surface area contributed by atoms with Crippen LogP contribution < -0.4 is 0 Å². The van der Waals surface area contributed by atoms with Crippen LogP contribution in [0.15, 0.2) is 45.8 Å². The maximum atomic E-state index is 12.5. The second-order valence-corrected chi connectivity index (χ2v) is 6.26. The van der Waals surface area contributed by atoms with Crippen molar-refractivity contribution in [3.05, 3.63) is 48.3 Å². The van der Waals surface area contributed by atoms with E-state index < -0.39 is 0 Å². The molecule has 4 heterocycles. The van der Waals surface area contributed by atoms with Crippen molar-refractivity contribution < 1.29 is 13.6 Å². The molecule has 22 heavy (non-hydrogen) atoms. The summed E-state index contributed by atoms with van der Waals surface area (Å²) in [6, 6.07) is 5.97. The zero-order valence-electron chi connectivity index (χ0n) is 12.5. The highest BCUT2D eigenvalue weighted by molar-refractivity contribution is 5.91. The molecular weight excluding hydrogens is 280 g/mol. The molecule has 2 aromatic heterocycles. The number of piperidine rings is 1. The lowest BCUT2D eigenvalue weighted by Crippen LogP contribution is -2.44. The number of furan rings is 2. The number of rotatable bonds is 3. The highest BCUT2D eigenvalue weighted by Crippen LogP contribution is 2.32. The van der Waals surface area contributed by atoms with Gasteiger partial charge in [0.25, 0.3) is 5.91 Å². The summed E-state index contributed by atoms with van der Waals surface area (Å²) in [4.78, 5) is 16.9. The molecule has 2 fully saturated rings. The lowest BCUT2D eigenvalue weighted by Gasteiger charge is -2.36. The SMILES string of the molecule is O=C(c1ccco1)N1C[C@@H]2CCCN(Cc3ccoc3)[C@@H]2C1. The summed E-state index contributed by atoms with van der Waals surface area (Å²) >= 11 is 0. The first kappa shape index (κ1) is 13.6. The van der Waals surface area contributed by atoms with Crippen LogP contribution in [-0.2, 0) is 6.54 Å². The van der Waals surface area contributed by atoms with Crippen LogP contribution in [0.1, 0.15) is 29.0 Å². The van der Waals surface area contributed by atoms with Gasteiger partial charge in [0.1, 0.15) is 0 Å². The van der Waals surface area contributed by atoms with E-state index in [1.54, 1.807) is 24.7 Å². The number of nitrogens with zero attached hydrogens (tertiary/aromatic N) is 2. The van der Waals surface area contributed by atoms with E-state index in [1.807, 2.05) is 17.2 Å². The van der Waals surface area contributed by atoms with Crippen LogP contribution in [0.25, 0.3) is 0 Å². The number of carbonyl (C=O) groups excluding carboxylic acids is 1. The first-order chi connectivity index (χ1) is 10.8. The Morgan fingerprint density at radius 2 is 2.23 bits per heavy atom. The lowest BCUT2D eigenvalue weighted by molar-refractivity contribution is 0.0743. The number of hydrogen-bond donors (Lipinski definition) is 0. The van der Waals surface area contributed by atoms with Crippen LogP contribution in [0.5, 0.6) is 0 Å². The summed E-state index contributed by atoms with van der Waals surface area (Å²) in [7, 11) is 0. The highest BCUT2D eigenvalue weighted by Gasteiger charge is 2.41. The molecule has 0 saturated carbocycles. The molecule has 0 N–H and O–H groups in total. The van der Waals surface area contributed by atoms with Crippen molar-refractivity contribution in [3.63, 3.8) is 0 Å². The van der Waals surface area contributed by atoms with Gasteiger partial charge in [-0.2, -0.15) is 0 Å². The van der Waals surface area contributed by atoms with Gasteiger partial charge in [-0.15, -0.1) is 0 Å². The van der Waals surface area contributed by atoms with Crippen molar-refractivity contribution in [2.45, 2.75) is 25.4 Å². The molecule has 2 saturated heterocycles. The molecule has 1 amide bonds. The normalized spacial score (nSPS) is 25.4. The second kappa shape index (κ2) is 5.65. The Labute approximate surface area is 129 Å². The van der Waals surface area contributed by atoms with E-state index in [9.17, 15) is 4.79 Å². The molecule has 116 valence electrons. The van der Waals surface area contributed by atoms with Crippen LogP contribution in [0.4, 0.5) is 0 Å². The predicted octanol–water partition coefficient (Wildman–Crippen LogP) is 2.61. The minimum absolute atomic E-state index is 0.0164. The van der Waals surface area contributed by atoms with Gasteiger partial charge >= 0.3 is 0 Å². The third kappa shape index (κ3) is 2.46. The number of amides is 1. The van der Waals surface area contributed by atoms with Crippen molar-refractivity contribution >= 4 is 5.91 Å². The van der Waals surface area contributed by atoms with Crippen molar-refractivity contribution in [2.24, 2.45) is 5.92 Å². The Kier molecular flexibility index (Phi) is 3.50. The molecule has 5 heteroatoms. The molecular formula is C17H20N2O3. The number of likely N-dealkylation sites (tertiary alicyclic amines) is 2. The Morgan fingerprint density at radius 3 is 3.00 bits per heavy atom. The van der Waals surface area contributed by atoms with Crippen molar-refractivity contribution in [1.82, 2.24) is 9.80 Å². The molecule has 0 aromatic carbocycles. The minimum Gasteiger partial charge on any atom is -0.472 e. The van der Waals surface area contributed by atoms with E-state index in [-0.39, 0.29) is 5.91 Å². The maximum absolute atomic E-state index is 12.5. The van der Waals surface area contributed by atoms with Gasteiger partial charge in [0.2, 0.25) is 0 Å². The van der Waals surface area contributed by atoms with Crippen LogP contribution in [-0.4, -0.2) is 41.4 Å². The standard InChI is InChI=1S/C17H20N2O3/c20-17(16-4-2-7-22-16)19-10-14-3-1-6-18(15(14)11-19)9-13-5-8-21-12-13/h2,4-5,7-8,12,14-15H,1,3,6,9-11H2/t14-,15+/m0/s1. The molecule has 2 atom stereocenters. The molecule has 0 bridgehead atoms. The van der Waals surface area contributed by atoms with Gasteiger partial charge in [0.05, 0.1) is 18.8 Å². The average Bonchev–Trinajstić information content (AvgIpc) is 3.28. The van der Waals surface area contributed by atoms with Gasteiger partial charge in [-0.1, -0.05) is 0 Å². The first-order valence-electron chi connectivity index (χ1n) is 7.89.